The van der Waals surface area contributed by atoms with Crippen LogP contribution in [-0.2, 0) is 13.3 Å². The Morgan fingerprint density at radius 1 is 0.800 bits per heavy atom. The highest BCUT2D eigenvalue weighted by molar-refractivity contribution is 6.60. The molecule has 0 unspecified atom stereocenters. The van der Waals surface area contributed by atoms with E-state index in [1.54, 1.807) is 21.3 Å². The van der Waals surface area contributed by atoms with Crippen LogP contribution in [0.1, 0.15) is 40.0 Å². The van der Waals surface area contributed by atoms with Crippen LogP contribution >= 0.6 is 0 Å². The van der Waals surface area contributed by atoms with E-state index in [0.717, 1.165) is 12.5 Å². The van der Waals surface area contributed by atoms with Crippen LogP contribution in [0.2, 0.25) is 6.04 Å². The Morgan fingerprint density at radius 3 is 1.60 bits per heavy atom. The second-order valence-corrected chi connectivity index (χ2v) is 8.26. The van der Waals surface area contributed by atoms with Crippen LogP contribution in [-0.4, -0.2) is 60.8 Å². The van der Waals surface area contributed by atoms with Crippen molar-refractivity contribution >= 4 is 8.80 Å². The van der Waals surface area contributed by atoms with Gasteiger partial charge in [0.15, 0.2) is 0 Å². The molecule has 6 heteroatoms. The summed E-state index contributed by atoms with van der Waals surface area (Å²) in [5, 5.41) is 0. The van der Waals surface area contributed by atoms with Crippen molar-refractivity contribution in [2.24, 2.45) is 0 Å². The van der Waals surface area contributed by atoms with Gasteiger partial charge in [0.2, 0.25) is 0 Å². The average Bonchev–Trinajstić information content (AvgIpc) is 2.48. The van der Waals surface area contributed by atoms with Crippen molar-refractivity contribution in [2.75, 3.05) is 47.5 Å². The fourth-order valence-corrected chi connectivity index (χ4v) is 4.35. The van der Waals surface area contributed by atoms with E-state index in [-0.39, 0.29) is 12.4 Å². The molecule has 0 aromatic rings. The van der Waals surface area contributed by atoms with Gasteiger partial charge >= 0.3 is 8.80 Å². The van der Waals surface area contributed by atoms with Gasteiger partial charge in [-0.1, -0.05) is 13.3 Å². The van der Waals surface area contributed by atoms with Crippen LogP contribution in [0.5, 0.6) is 0 Å². The lowest BCUT2D eigenvalue weighted by molar-refractivity contribution is -0.925. The highest BCUT2D eigenvalue weighted by Gasteiger charge is 2.38. The number of halogens is 1. The Labute approximate surface area is 133 Å². The van der Waals surface area contributed by atoms with E-state index in [1.807, 2.05) is 0 Å². The quantitative estimate of drug-likeness (QED) is 0.370. The van der Waals surface area contributed by atoms with Crippen molar-refractivity contribution in [3.05, 3.63) is 0 Å². The van der Waals surface area contributed by atoms with E-state index in [0.29, 0.717) is 0 Å². The molecular formula is C14H34ClNO3Si. The first-order valence-electron chi connectivity index (χ1n) is 7.58. The molecule has 20 heavy (non-hydrogen) atoms. The molecule has 0 bridgehead atoms. The molecule has 0 saturated carbocycles. The first kappa shape index (κ1) is 22.6. The summed E-state index contributed by atoms with van der Waals surface area (Å²) in [7, 11) is 2.69. The molecule has 0 aromatic heterocycles. The van der Waals surface area contributed by atoms with Crippen LogP contribution in [0.4, 0.5) is 0 Å². The summed E-state index contributed by atoms with van der Waals surface area (Å²) >= 11 is 0. The Kier molecular flexibility index (Phi) is 13.5. The van der Waals surface area contributed by atoms with Crippen molar-refractivity contribution < 1.29 is 30.2 Å². The van der Waals surface area contributed by atoms with Crippen LogP contribution in [0.3, 0.4) is 0 Å². The molecule has 0 aliphatic carbocycles. The van der Waals surface area contributed by atoms with E-state index in [4.69, 9.17) is 13.3 Å². The molecule has 0 heterocycles. The largest absolute Gasteiger partial charge is 1.00 e. The summed E-state index contributed by atoms with van der Waals surface area (Å²) in [6.45, 7) is 11.7. The Balaban J connectivity index is 0. The van der Waals surface area contributed by atoms with E-state index >= 15 is 0 Å². The number of rotatable bonds is 12. The predicted octanol–water partition coefficient (Wildman–Crippen LogP) is -0.0847. The molecule has 4 nitrogen and oxygen atoms in total. The summed E-state index contributed by atoms with van der Waals surface area (Å²) in [6, 6.07) is 0.905. The van der Waals surface area contributed by atoms with Crippen LogP contribution in [0.15, 0.2) is 0 Å². The van der Waals surface area contributed by atoms with Crippen molar-refractivity contribution in [3.63, 3.8) is 0 Å². The Bertz CT molecular complexity index is 216. The molecule has 124 valence electrons. The van der Waals surface area contributed by atoms with Gasteiger partial charge in [0, 0.05) is 33.8 Å². The molecule has 0 N–H and O–H groups in total. The maximum Gasteiger partial charge on any atom is 0.500 e. The normalized spacial score (nSPS) is 12.3. The molecule has 0 saturated heterocycles. The lowest BCUT2D eigenvalue weighted by Gasteiger charge is -2.37. The van der Waals surface area contributed by atoms with E-state index in [9.17, 15) is 0 Å². The third kappa shape index (κ3) is 6.87. The summed E-state index contributed by atoms with van der Waals surface area (Å²) in [5.41, 5.74) is 0. The van der Waals surface area contributed by atoms with Gasteiger partial charge in [-0.2, -0.15) is 0 Å². The van der Waals surface area contributed by atoms with Gasteiger partial charge < -0.3 is 30.2 Å². The summed E-state index contributed by atoms with van der Waals surface area (Å²) in [5.74, 6) is 0. The minimum Gasteiger partial charge on any atom is -1.00 e. The second-order valence-electron chi connectivity index (χ2n) is 5.17. The lowest BCUT2D eigenvalue weighted by atomic mass is 10.2. The number of quaternary nitrogens is 1. The minimum absolute atomic E-state index is 0. The number of nitrogens with zero attached hydrogens (tertiary/aromatic N) is 1. The molecule has 0 fully saturated rings. The van der Waals surface area contributed by atoms with Crippen molar-refractivity contribution in [3.8, 4) is 0 Å². The fraction of sp³-hybridized carbons (Fsp3) is 1.00. The van der Waals surface area contributed by atoms with Crippen LogP contribution in [0.25, 0.3) is 0 Å². The standard InChI is InChI=1S/C14H34NO3Si.ClH/c1-7-10-12-15(8-2,9-3)13-11-14-19(16-4,17-5)18-6;/h7-14H2,1-6H3;1H/q+1;/p-1. The maximum absolute atomic E-state index is 5.49. The average molecular weight is 328 g/mol. The molecule has 0 aliphatic heterocycles. The smallest absolute Gasteiger partial charge is 0.500 e. The zero-order valence-electron chi connectivity index (χ0n) is 14.2. The minimum atomic E-state index is -2.38. The molecule has 0 rings (SSSR count). The topological polar surface area (TPSA) is 27.7 Å². The highest BCUT2D eigenvalue weighted by atomic mass is 35.5. The number of hydrogen-bond acceptors (Lipinski definition) is 3. The predicted molar refractivity (Wildman–Crippen MR) is 82.2 cm³/mol. The van der Waals surface area contributed by atoms with Gasteiger partial charge in [-0.05, 0) is 20.3 Å². The lowest BCUT2D eigenvalue weighted by Crippen LogP contribution is -3.00. The molecule has 0 amide bonds. The summed E-state index contributed by atoms with van der Waals surface area (Å²) < 4.78 is 17.7. The zero-order chi connectivity index (χ0) is 14.8. The molecule has 0 atom stereocenters. The zero-order valence-corrected chi connectivity index (χ0v) is 16.0. The van der Waals surface area contributed by atoms with Gasteiger partial charge in [-0.25, -0.2) is 0 Å². The Morgan fingerprint density at radius 2 is 1.25 bits per heavy atom. The molecular weight excluding hydrogens is 294 g/mol. The van der Waals surface area contributed by atoms with Gasteiger partial charge in [-0.15, -0.1) is 0 Å². The Hall–Kier alpha value is 0.347. The van der Waals surface area contributed by atoms with E-state index in [2.05, 4.69) is 20.8 Å². The third-order valence-electron chi connectivity index (χ3n) is 4.38. The van der Waals surface area contributed by atoms with Gasteiger partial charge in [-0.3, -0.25) is 0 Å². The molecule has 0 spiro atoms. The first-order valence-corrected chi connectivity index (χ1v) is 9.51. The van der Waals surface area contributed by atoms with E-state index in [1.165, 1.54) is 43.5 Å². The fourth-order valence-electron chi connectivity index (χ4n) is 2.65. The monoisotopic (exact) mass is 327 g/mol. The molecule has 0 radical (unpaired) electrons. The summed E-state index contributed by atoms with van der Waals surface area (Å²) in [4.78, 5) is 0. The molecule has 0 aliphatic rings. The van der Waals surface area contributed by atoms with Gasteiger partial charge in [0.05, 0.1) is 26.2 Å². The number of unbranched alkanes of at least 4 members (excludes halogenated alkanes) is 1. The number of hydrogen-bond donors (Lipinski definition) is 0. The van der Waals surface area contributed by atoms with Crippen LogP contribution < -0.4 is 12.4 Å². The van der Waals surface area contributed by atoms with Crippen molar-refractivity contribution in [2.45, 2.75) is 46.1 Å². The van der Waals surface area contributed by atoms with Gasteiger partial charge in [0.1, 0.15) is 0 Å². The first-order chi connectivity index (χ1) is 9.07. The summed E-state index contributed by atoms with van der Waals surface area (Å²) in [6.07, 6.45) is 3.68. The van der Waals surface area contributed by atoms with E-state index < -0.39 is 8.80 Å². The third-order valence-corrected chi connectivity index (χ3v) is 7.21. The highest BCUT2D eigenvalue weighted by Crippen LogP contribution is 2.18. The maximum atomic E-state index is 5.49. The SMILES string of the molecule is CCCC[N+](CC)(CC)CCC[Si](OC)(OC)OC.[Cl-]. The van der Waals surface area contributed by atoms with Gasteiger partial charge in [0.25, 0.3) is 0 Å². The second kappa shape index (κ2) is 11.9. The van der Waals surface area contributed by atoms with Crippen LogP contribution in [0, 0.1) is 0 Å². The van der Waals surface area contributed by atoms with Crippen molar-refractivity contribution in [1.82, 2.24) is 0 Å². The van der Waals surface area contributed by atoms with Crippen molar-refractivity contribution in [1.29, 1.82) is 0 Å². The molecule has 0 aromatic carbocycles.